The number of carbonyl (C=O) groups excluding carboxylic acids is 1. The molecule has 2 aromatic rings. The smallest absolute Gasteiger partial charge is 0.193 e. The third-order valence-corrected chi connectivity index (χ3v) is 4.21. The monoisotopic (exact) mass is 326 g/mol. The first-order chi connectivity index (χ1) is 11.2. The van der Waals surface area contributed by atoms with E-state index in [1.165, 1.54) is 0 Å². The zero-order valence-corrected chi connectivity index (χ0v) is 15.1. The summed E-state index contributed by atoms with van der Waals surface area (Å²) in [5.74, 6) is 0.0178. The zero-order valence-electron chi connectivity index (χ0n) is 15.1. The van der Waals surface area contributed by atoms with Crippen LogP contribution < -0.4 is 0 Å². The van der Waals surface area contributed by atoms with Crippen molar-refractivity contribution in [3.63, 3.8) is 0 Å². The van der Waals surface area contributed by atoms with Crippen molar-refractivity contribution in [3.05, 3.63) is 71.3 Å². The molecule has 0 spiro atoms. The van der Waals surface area contributed by atoms with Gasteiger partial charge in [0.2, 0.25) is 0 Å². The van der Waals surface area contributed by atoms with Crippen LogP contribution in [0.1, 0.15) is 62.5 Å². The van der Waals surface area contributed by atoms with Gasteiger partial charge in [-0.2, -0.15) is 0 Å². The van der Waals surface area contributed by atoms with Gasteiger partial charge in [-0.3, -0.25) is 4.79 Å². The van der Waals surface area contributed by atoms with Crippen LogP contribution >= 0.6 is 0 Å². The molecule has 0 fully saturated rings. The number of hydrogen-bond acceptors (Lipinski definition) is 3. The molecule has 24 heavy (non-hydrogen) atoms. The third kappa shape index (κ3) is 4.53. The average Bonchev–Trinajstić information content (AvgIpc) is 2.60. The van der Waals surface area contributed by atoms with E-state index in [4.69, 9.17) is 9.78 Å². The first-order valence-electron chi connectivity index (χ1n) is 8.32. The van der Waals surface area contributed by atoms with E-state index in [1.54, 1.807) is 0 Å². The van der Waals surface area contributed by atoms with Crippen molar-refractivity contribution in [1.29, 1.82) is 0 Å². The highest BCUT2D eigenvalue weighted by Gasteiger charge is 2.27. The maximum absolute atomic E-state index is 12.4. The van der Waals surface area contributed by atoms with E-state index < -0.39 is 5.60 Å². The van der Waals surface area contributed by atoms with Gasteiger partial charge in [0.05, 0.1) is 5.60 Å². The van der Waals surface area contributed by atoms with Crippen LogP contribution in [0.25, 0.3) is 0 Å². The highest BCUT2D eigenvalue weighted by molar-refractivity contribution is 6.08. The van der Waals surface area contributed by atoms with Gasteiger partial charge in [-0.05, 0) is 39.7 Å². The van der Waals surface area contributed by atoms with Crippen LogP contribution in [0.4, 0.5) is 0 Å². The summed E-state index contributed by atoms with van der Waals surface area (Å²) in [6, 6.07) is 16.8. The largest absolute Gasteiger partial charge is 0.289 e. The van der Waals surface area contributed by atoms with E-state index >= 15 is 0 Å². The molecule has 0 aromatic heterocycles. The second kappa shape index (κ2) is 7.29. The summed E-state index contributed by atoms with van der Waals surface area (Å²) >= 11 is 0. The molecule has 3 heteroatoms. The first-order valence-corrected chi connectivity index (χ1v) is 8.32. The Balaban J connectivity index is 2.12. The third-order valence-electron chi connectivity index (χ3n) is 4.21. The summed E-state index contributed by atoms with van der Waals surface area (Å²) < 4.78 is 0. The van der Waals surface area contributed by atoms with E-state index in [9.17, 15) is 4.79 Å². The van der Waals surface area contributed by atoms with Crippen molar-refractivity contribution in [1.82, 2.24) is 0 Å². The molecule has 0 amide bonds. The van der Waals surface area contributed by atoms with Crippen LogP contribution in [-0.4, -0.2) is 11.4 Å². The fourth-order valence-corrected chi connectivity index (χ4v) is 2.10. The predicted molar refractivity (Wildman–Crippen MR) is 95.9 cm³/mol. The van der Waals surface area contributed by atoms with Gasteiger partial charge in [-0.1, -0.05) is 61.5 Å². The fraction of sp³-hybridized carbons (Fsp3) is 0.381. The summed E-state index contributed by atoms with van der Waals surface area (Å²) in [4.78, 5) is 23.7. The number of benzene rings is 2. The van der Waals surface area contributed by atoms with Crippen LogP contribution in [0, 0.1) is 0 Å². The topological polar surface area (TPSA) is 35.5 Å². The molecule has 0 bridgehead atoms. The highest BCUT2D eigenvalue weighted by atomic mass is 17.2. The summed E-state index contributed by atoms with van der Waals surface area (Å²) in [5.41, 5.74) is 1.38. The molecule has 0 unspecified atom stereocenters. The SMILES string of the molecule is CCC(C)(C)OOC(C)(C)c1ccc(C(=O)c2ccccc2)cc1. The van der Waals surface area contributed by atoms with Gasteiger partial charge in [0.15, 0.2) is 5.78 Å². The van der Waals surface area contributed by atoms with Crippen molar-refractivity contribution in [3.8, 4) is 0 Å². The molecule has 2 rings (SSSR count). The molecule has 0 saturated carbocycles. The lowest BCUT2D eigenvalue weighted by Gasteiger charge is -2.30. The Morgan fingerprint density at radius 3 is 1.92 bits per heavy atom. The summed E-state index contributed by atoms with van der Waals surface area (Å²) in [6.07, 6.45) is 0.855. The van der Waals surface area contributed by atoms with Gasteiger partial charge < -0.3 is 0 Å². The Hall–Kier alpha value is -1.97. The summed E-state index contributed by atoms with van der Waals surface area (Å²) in [5, 5.41) is 0. The zero-order chi connectivity index (χ0) is 17.8. The molecule has 0 saturated heterocycles. The van der Waals surface area contributed by atoms with Crippen LogP contribution in [-0.2, 0) is 15.4 Å². The minimum atomic E-state index is -0.596. The second-order valence-corrected chi connectivity index (χ2v) is 7.06. The Morgan fingerprint density at radius 1 is 0.833 bits per heavy atom. The van der Waals surface area contributed by atoms with E-state index in [2.05, 4.69) is 6.92 Å². The Bertz CT molecular complexity index is 670. The molecule has 128 valence electrons. The molecular formula is C21H26O3. The van der Waals surface area contributed by atoms with Gasteiger partial charge in [-0.25, -0.2) is 9.78 Å². The van der Waals surface area contributed by atoms with Crippen LogP contribution in [0.5, 0.6) is 0 Å². The highest BCUT2D eigenvalue weighted by Crippen LogP contribution is 2.28. The lowest BCUT2D eigenvalue weighted by molar-refractivity contribution is -0.405. The lowest BCUT2D eigenvalue weighted by atomic mass is 9.95. The van der Waals surface area contributed by atoms with Gasteiger partial charge in [0.1, 0.15) is 5.60 Å². The molecule has 0 aliphatic rings. The standard InChI is InChI=1S/C21H26O3/c1-6-20(2,3)23-24-21(4,5)18-14-12-17(13-15-18)19(22)16-10-8-7-9-11-16/h7-15H,6H2,1-5H3. The average molecular weight is 326 g/mol. The molecule has 3 nitrogen and oxygen atoms in total. The first kappa shape index (κ1) is 18.4. The van der Waals surface area contributed by atoms with Crippen molar-refractivity contribution >= 4 is 5.78 Å². The quantitative estimate of drug-likeness (QED) is 0.394. The number of ketones is 1. The molecule has 0 aliphatic heterocycles. The maximum Gasteiger partial charge on any atom is 0.193 e. The van der Waals surface area contributed by atoms with Gasteiger partial charge >= 0.3 is 0 Å². The molecule has 0 radical (unpaired) electrons. The fourth-order valence-electron chi connectivity index (χ4n) is 2.10. The van der Waals surface area contributed by atoms with Gasteiger partial charge in [-0.15, -0.1) is 0 Å². The normalized spacial score (nSPS) is 12.2. The van der Waals surface area contributed by atoms with E-state index in [0.29, 0.717) is 11.1 Å². The van der Waals surface area contributed by atoms with Crippen molar-refractivity contribution in [2.24, 2.45) is 0 Å². The molecule has 0 atom stereocenters. The van der Waals surface area contributed by atoms with Crippen molar-refractivity contribution < 1.29 is 14.6 Å². The predicted octanol–water partition coefficient (Wildman–Crippen LogP) is 5.29. The number of carbonyl (C=O) groups is 1. The Morgan fingerprint density at radius 2 is 1.38 bits per heavy atom. The summed E-state index contributed by atoms with van der Waals surface area (Å²) in [7, 11) is 0. The number of rotatable bonds is 7. The Labute approximate surface area is 144 Å². The van der Waals surface area contributed by atoms with E-state index in [0.717, 1.165) is 12.0 Å². The van der Waals surface area contributed by atoms with E-state index in [-0.39, 0.29) is 11.4 Å². The Kier molecular flexibility index (Phi) is 5.58. The van der Waals surface area contributed by atoms with Gasteiger partial charge in [0.25, 0.3) is 0 Å². The maximum atomic E-state index is 12.4. The lowest BCUT2D eigenvalue weighted by Crippen LogP contribution is -2.30. The molecule has 0 aliphatic carbocycles. The van der Waals surface area contributed by atoms with Crippen LogP contribution in [0.2, 0.25) is 0 Å². The van der Waals surface area contributed by atoms with Crippen LogP contribution in [0.15, 0.2) is 54.6 Å². The van der Waals surface area contributed by atoms with Crippen molar-refractivity contribution in [2.45, 2.75) is 52.2 Å². The molecule has 0 N–H and O–H groups in total. The van der Waals surface area contributed by atoms with Gasteiger partial charge in [0, 0.05) is 11.1 Å². The second-order valence-electron chi connectivity index (χ2n) is 7.06. The molecule has 2 aromatic carbocycles. The minimum Gasteiger partial charge on any atom is -0.289 e. The van der Waals surface area contributed by atoms with Crippen LogP contribution in [0.3, 0.4) is 0 Å². The summed E-state index contributed by atoms with van der Waals surface area (Å²) in [6.45, 7) is 9.94. The minimum absolute atomic E-state index is 0.0178. The number of hydrogen-bond donors (Lipinski definition) is 0. The van der Waals surface area contributed by atoms with E-state index in [1.807, 2.05) is 82.3 Å². The van der Waals surface area contributed by atoms with Crippen molar-refractivity contribution in [2.75, 3.05) is 0 Å². The molecular weight excluding hydrogens is 300 g/mol. The molecule has 0 heterocycles.